The minimum atomic E-state index is -1.07. The molecule has 1 saturated carbocycles. The van der Waals surface area contributed by atoms with Crippen molar-refractivity contribution in [3.63, 3.8) is 0 Å². The summed E-state index contributed by atoms with van der Waals surface area (Å²) in [6.45, 7) is 1.68. The molecule has 3 atom stereocenters. The Bertz CT molecular complexity index is 991. The predicted molar refractivity (Wildman–Crippen MR) is 124 cm³/mol. The first-order valence-electron chi connectivity index (χ1n) is 11.6. The largest absolute Gasteiger partial charge is 0.480 e. The van der Waals surface area contributed by atoms with Crippen LogP contribution in [0, 0.1) is 5.92 Å². The number of hydrogen-bond donors (Lipinski definition) is 3. The van der Waals surface area contributed by atoms with Gasteiger partial charge in [-0.25, -0.2) is 4.79 Å². The van der Waals surface area contributed by atoms with Gasteiger partial charge in [-0.05, 0) is 47.9 Å². The first-order valence-corrected chi connectivity index (χ1v) is 11.6. The van der Waals surface area contributed by atoms with Gasteiger partial charge in [-0.3, -0.25) is 9.59 Å². The summed E-state index contributed by atoms with van der Waals surface area (Å²) in [7, 11) is 0. The van der Waals surface area contributed by atoms with Gasteiger partial charge in [0, 0.05) is 18.4 Å². The van der Waals surface area contributed by atoms with Gasteiger partial charge in [0.05, 0.1) is 0 Å². The number of nitrogens with one attached hydrogen (secondary N) is 2. The molecule has 4 rings (SSSR count). The molecular weight excluding hydrogens is 420 g/mol. The van der Waals surface area contributed by atoms with Gasteiger partial charge in [-0.1, -0.05) is 61.4 Å². The van der Waals surface area contributed by atoms with Crippen molar-refractivity contribution >= 4 is 18.0 Å². The van der Waals surface area contributed by atoms with E-state index in [-0.39, 0.29) is 36.8 Å². The van der Waals surface area contributed by atoms with Gasteiger partial charge in [-0.15, -0.1) is 0 Å². The minimum absolute atomic E-state index is 0.00594. The Kier molecular flexibility index (Phi) is 6.96. The summed E-state index contributed by atoms with van der Waals surface area (Å²) >= 11 is 0. The number of ether oxygens (including phenoxy) is 1. The number of hydrogen-bond acceptors (Lipinski definition) is 4. The van der Waals surface area contributed by atoms with Gasteiger partial charge in [0.2, 0.25) is 5.91 Å². The first kappa shape index (κ1) is 22.8. The molecule has 174 valence electrons. The van der Waals surface area contributed by atoms with Crippen LogP contribution in [0.15, 0.2) is 48.5 Å². The molecule has 2 aromatic rings. The normalized spacial score (nSPS) is 20.3. The van der Waals surface area contributed by atoms with Gasteiger partial charge >= 0.3 is 12.1 Å². The average molecular weight is 451 g/mol. The molecule has 0 aliphatic heterocycles. The quantitative estimate of drug-likeness (QED) is 0.590. The van der Waals surface area contributed by atoms with Crippen LogP contribution in [0.3, 0.4) is 0 Å². The Morgan fingerprint density at radius 3 is 2.24 bits per heavy atom. The zero-order valence-corrected chi connectivity index (χ0v) is 18.8. The fourth-order valence-corrected chi connectivity index (χ4v) is 5.03. The number of carboxylic acids is 1. The Hall–Kier alpha value is -3.35. The zero-order valence-electron chi connectivity index (χ0n) is 18.8. The summed E-state index contributed by atoms with van der Waals surface area (Å²) in [5, 5.41) is 14.5. The Balaban J connectivity index is 1.35. The summed E-state index contributed by atoms with van der Waals surface area (Å²) in [5.74, 6) is -1.43. The summed E-state index contributed by atoms with van der Waals surface area (Å²) in [5.41, 5.74) is 4.67. The molecule has 0 bridgehead atoms. The number of alkyl carbamates (subject to hydrolysis) is 1. The lowest BCUT2D eigenvalue weighted by molar-refractivity contribution is -0.141. The van der Waals surface area contributed by atoms with Crippen LogP contribution in [0.5, 0.6) is 0 Å². The molecule has 7 heteroatoms. The van der Waals surface area contributed by atoms with Crippen molar-refractivity contribution in [2.24, 2.45) is 5.92 Å². The molecule has 0 heterocycles. The van der Waals surface area contributed by atoms with Crippen LogP contribution in [0.25, 0.3) is 11.1 Å². The number of fused-ring (bicyclic) bond motifs is 3. The van der Waals surface area contributed by atoms with Crippen LogP contribution < -0.4 is 10.6 Å². The zero-order chi connectivity index (χ0) is 23.4. The van der Waals surface area contributed by atoms with Crippen LogP contribution in [-0.2, 0) is 14.3 Å². The van der Waals surface area contributed by atoms with Crippen LogP contribution in [0.2, 0.25) is 0 Å². The second-order valence-electron chi connectivity index (χ2n) is 8.95. The van der Waals surface area contributed by atoms with Gasteiger partial charge in [0.1, 0.15) is 12.6 Å². The van der Waals surface area contributed by atoms with E-state index in [2.05, 4.69) is 34.9 Å². The van der Waals surface area contributed by atoms with Crippen LogP contribution >= 0.6 is 0 Å². The lowest BCUT2D eigenvalue weighted by atomic mass is 9.82. The van der Waals surface area contributed by atoms with E-state index in [1.807, 2.05) is 24.3 Å². The number of benzene rings is 2. The lowest BCUT2D eigenvalue weighted by Crippen LogP contribution is -2.45. The molecule has 2 amide bonds. The number of aliphatic carboxylic acids is 1. The molecular formula is C26H30N2O5. The monoisotopic (exact) mass is 450 g/mol. The molecule has 3 N–H and O–H groups in total. The lowest BCUT2D eigenvalue weighted by Gasteiger charge is -2.31. The third-order valence-electron chi connectivity index (χ3n) is 6.75. The fraction of sp³-hybridized carbons (Fsp3) is 0.423. The Morgan fingerprint density at radius 1 is 1.00 bits per heavy atom. The highest BCUT2D eigenvalue weighted by Gasteiger charge is 2.32. The smallest absolute Gasteiger partial charge is 0.407 e. The van der Waals surface area contributed by atoms with E-state index >= 15 is 0 Å². The standard InChI is InChI=1S/C26H30N2O5/c1-16(25(30)31)27-24(29)14-17-8-2-7-13-23(17)28-26(32)33-15-22-20-11-5-3-9-18(20)19-10-4-6-12-21(19)22/h3-6,9-12,16-17,22-23H,2,7-8,13-15H2,1H3,(H,27,29)(H,28,32)(H,30,31)/t16?,17-,23-/m0/s1. The van der Waals surface area contributed by atoms with Crippen molar-refractivity contribution in [1.82, 2.24) is 10.6 Å². The molecule has 0 spiro atoms. The molecule has 7 nitrogen and oxygen atoms in total. The second kappa shape index (κ2) is 10.1. The predicted octanol–water partition coefficient (Wildman–Crippen LogP) is 4.06. The van der Waals surface area contributed by atoms with Crippen LogP contribution in [0.1, 0.15) is 56.1 Å². The highest BCUT2D eigenvalue weighted by atomic mass is 16.5. The maximum Gasteiger partial charge on any atom is 0.407 e. The van der Waals surface area contributed by atoms with Gasteiger partial charge in [-0.2, -0.15) is 0 Å². The highest BCUT2D eigenvalue weighted by molar-refractivity contribution is 5.83. The molecule has 0 radical (unpaired) electrons. The first-order chi connectivity index (χ1) is 15.9. The van der Waals surface area contributed by atoms with Crippen molar-refractivity contribution < 1.29 is 24.2 Å². The van der Waals surface area contributed by atoms with Gasteiger partial charge in [0.15, 0.2) is 0 Å². The van der Waals surface area contributed by atoms with Crippen molar-refractivity contribution in [3.8, 4) is 11.1 Å². The Morgan fingerprint density at radius 2 is 1.61 bits per heavy atom. The molecule has 1 fully saturated rings. The summed E-state index contributed by atoms with van der Waals surface area (Å²) in [6, 6.07) is 15.3. The van der Waals surface area contributed by atoms with E-state index in [0.717, 1.165) is 36.8 Å². The van der Waals surface area contributed by atoms with Crippen molar-refractivity contribution in [3.05, 3.63) is 59.7 Å². The number of rotatable bonds is 7. The number of carbonyl (C=O) groups is 3. The van der Waals surface area contributed by atoms with E-state index in [4.69, 9.17) is 9.84 Å². The maximum atomic E-state index is 12.7. The summed E-state index contributed by atoms with van der Waals surface area (Å²) in [6.07, 6.45) is 3.24. The molecule has 0 saturated heterocycles. The second-order valence-corrected chi connectivity index (χ2v) is 8.95. The number of amides is 2. The summed E-state index contributed by atoms with van der Waals surface area (Å²) < 4.78 is 5.66. The number of carbonyl (C=O) groups excluding carboxylic acids is 2. The van der Waals surface area contributed by atoms with Crippen molar-refractivity contribution in [2.75, 3.05) is 6.61 Å². The molecule has 33 heavy (non-hydrogen) atoms. The average Bonchev–Trinajstić information content (AvgIpc) is 3.12. The van der Waals surface area contributed by atoms with Gasteiger partial charge < -0.3 is 20.5 Å². The maximum absolute atomic E-state index is 12.7. The Labute approximate surface area is 193 Å². The van der Waals surface area contributed by atoms with Gasteiger partial charge in [0.25, 0.3) is 0 Å². The van der Waals surface area contributed by atoms with E-state index in [9.17, 15) is 14.4 Å². The van der Waals surface area contributed by atoms with E-state index in [1.54, 1.807) is 0 Å². The topological polar surface area (TPSA) is 105 Å². The molecule has 1 unspecified atom stereocenters. The van der Waals surface area contributed by atoms with Crippen molar-refractivity contribution in [1.29, 1.82) is 0 Å². The van der Waals surface area contributed by atoms with E-state index < -0.39 is 18.1 Å². The highest BCUT2D eigenvalue weighted by Crippen LogP contribution is 2.44. The third kappa shape index (κ3) is 5.18. The molecule has 2 aliphatic rings. The van der Waals surface area contributed by atoms with Crippen LogP contribution in [-0.4, -0.2) is 41.8 Å². The van der Waals surface area contributed by atoms with E-state index in [0.29, 0.717) is 0 Å². The molecule has 0 aromatic heterocycles. The minimum Gasteiger partial charge on any atom is -0.480 e. The molecule has 2 aliphatic carbocycles. The summed E-state index contributed by atoms with van der Waals surface area (Å²) in [4.78, 5) is 35.9. The number of carboxylic acid groups (broad SMARTS) is 1. The van der Waals surface area contributed by atoms with Crippen LogP contribution in [0.4, 0.5) is 4.79 Å². The SMILES string of the molecule is CC(NC(=O)C[C@@H]1CCCC[C@@H]1NC(=O)OCC1c2ccccc2-c2ccccc21)C(=O)O. The van der Waals surface area contributed by atoms with E-state index in [1.165, 1.54) is 18.1 Å². The van der Waals surface area contributed by atoms with Crippen molar-refractivity contribution in [2.45, 2.75) is 57.0 Å². The third-order valence-corrected chi connectivity index (χ3v) is 6.75. The fourth-order valence-electron chi connectivity index (χ4n) is 5.03. The molecule has 2 aromatic carbocycles.